The van der Waals surface area contributed by atoms with E-state index in [9.17, 15) is 0 Å². The molecule has 19 heavy (non-hydrogen) atoms. The van der Waals surface area contributed by atoms with E-state index in [1.165, 1.54) is 11.1 Å². The molecule has 1 aromatic rings. The van der Waals surface area contributed by atoms with Gasteiger partial charge in [0.15, 0.2) is 0 Å². The monoisotopic (exact) mass is 262 g/mol. The molecule has 0 fully saturated rings. The molecule has 2 N–H and O–H groups in total. The molecular formula is C17H30N2. The van der Waals surface area contributed by atoms with E-state index in [1.54, 1.807) is 0 Å². The molecule has 0 saturated heterocycles. The van der Waals surface area contributed by atoms with Crippen LogP contribution in [0.1, 0.15) is 45.2 Å². The maximum absolute atomic E-state index is 6.54. The Hall–Kier alpha value is -0.860. The molecule has 2 heteroatoms. The predicted octanol–water partition coefficient (Wildman–Crippen LogP) is 3.38. The molecule has 0 amide bonds. The molecule has 0 aliphatic carbocycles. The molecule has 0 aliphatic heterocycles. The number of hydrogen-bond donors (Lipinski definition) is 1. The fourth-order valence-electron chi connectivity index (χ4n) is 2.86. The zero-order valence-electron chi connectivity index (χ0n) is 13.2. The van der Waals surface area contributed by atoms with Gasteiger partial charge in [0.2, 0.25) is 0 Å². The van der Waals surface area contributed by atoms with Crippen LogP contribution in [0.2, 0.25) is 0 Å². The van der Waals surface area contributed by atoms with E-state index in [0.29, 0.717) is 0 Å². The molecule has 2 atom stereocenters. The average molecular weight is 262 g/mol. The number of nitrogens with zero attached hydrogens (tertiary/aromatic N) is 1. The molecule has 0 aromatic heterocycles. The van der Waals surface area contributed by atoms with Gasteiger partial charge in [0.1, 0.15) is 0 Å². The minimum absolute atomic E-state index is 0.0778. The minimum Gasteiger partial charge on any atom is -0.326 e. The van der Waals surface area contributed by atoms with Gasteiger partial charge in [0.25, 0.3) is 0 Å². The van der Waals surface area contributed by atoms with Gasteiger partial charge in [0, 0.05) is 11.6 Å². The lowest BCUT2D eigenvalue weighted by Gasteiger charge is -2.44. The molecule has 0 spiro atoms. The first-order valence-corrected chi connectivity index (χ1v) is 7.54. The van der Waals surface area contributed by atoms with Crippen LogP contribution in [0, 0.1) is 6.92 Å². The Labute approximate surface area is 119 Å². The fourth-order valence-corrected chi connectivity index (χ4v) is 2.86. The van der Waals surface area contributed by atoms with Gasteiger partial charge in [-0.25, -0.2) is 0 Å². The first-order chi connectivity index (χ1) is 8.97. The van der Waals surface area contributed by atoms with Crippen molar-refractivity contribution >= 4 is 0 Å². The summed E-state index contributed by atoms with van der Waals surface area (Å²) in [7, 11) is 0. The first kappa shape index (κ1) is 16.2. The summed E-state index contributed by atoms with van der Waals surface area (Å²) in [6.07, 6.45) is 2.03. The maximum atomic E-state index is 6.54. The van der Waals surface area contributed by atoms with Crippen molar-refractivity contribution in [2.75, 3.05) is 13.1 Å². The van der Waals surface area contributed by atoms with Crippen LogP contribution in [0.3, 0.4) is 0 Å². The number of aryl methyl sites for hydroxylation is 1. The standard InChI is InChI=1S/C17H30N2/c1-6-17(5,19(7-2)8-3)16(18)13-15-11-9-14(4)10-12-15/h9-12,16H,6-8,13,18H2,1-5H3. The van der Waals surface area contributed by atoms with Crippen molar-refractivity contribution in [3.8, 4) is 0 Å². The first-order valence-electron chi connectivity index (χ1n) is 7.54. The van der Waals surface area contributed by atoms with Crippen LogP contribution in [0.15, 0.2) is 24.3 Å². The SMILES string of the molecule is CCN(CC)C(C)(CC)C(N)Cc1ccc(C)cc1. The highest BCUT2D eigenvalue weighted by molar-refractivity contribution is 5.22. The molecule has 0 saturated carbocycles. The van der Waals surface area contributed by atoms with Crippen molar-refractivity contribution in [2.45, 2.75) is 59.0 Å². The summed E-state index contributed by atoms with van der Waals surface area (Å²) in [6, 6.07) is 8.91. The van der Waals surface area contributed by atoms with E-state index in [2.05, 4.69) is 63.8 Å². The second kappa shape index (κ2) is 7.06. The van der Waals surface area contributed by atoms with Gasteiger partial charge in [-0.05, 0) is 45.3 Å². The zero-order chi connectivity index (χ0) is 14.5. The van der Waals surface area contributed by atoms with E-state index in [0.717, 1.165) is 25.9 Å². The highest BCUT2D eigenvalue weighted by Crippen LogP contribution is 2.24. The summed E-state index contributed by atoms with van der Waals surface area (Å²) in [4.78, 5) is 2.49. The van der Waals surface area contributed by atoms with Crippen LogP contribution in [0.25, 0.3) is 0 Å². The second-order valence-corrected chi connectivity index (χ2v) is 5.68. The summed E-state index contributed by atoms with van der Waals surface area (Å²) in [5.41, 5.74) is 9.26. The molecule has 108 valence electrons. The lowest BCUT2D eigenvalue weighted by Crippen LogP contribution is -2.58. The van der Waals surface area contributed by atoms with Gasteiger partial charge in [-0.1, -0.05) is 50.6 Å². The van der Waals surface area contributed by atoms with Crippen LogP contribution in [0.5, 0.6) is 0 Å². The normalized spacial score (nSPS) is 16.4. The summed E-state index contributed by atoms with van der Waals surface area (Å²) < 4.78 is 0. The molecule has 1 aromatic carbocycles. The van der Waals surface area contributed by atoms with Crippen LogP contribution < -0.4 is 5.73 Å². The van der Waals surface area contributed by atoms with Gasteiger partial charge in [0.05, 0.1) is 0 Å². The van der Waals surface area contributed by atoms with E-state index < -0.39 is 0 Å². The van der Waals surface area contributed by atoms with E-state index in [-0.39, 0.29) is 11.6 Å². The van der Waals surface area contributed by atoms with Crippen LogP contribution in [-0.4, -0.2) is 29.6 Å². The summed E-state index contributed by atoms with van der Waals surface area (Å²) in [5.74, 6) is 0. The molecule has 0 bridgehead atoms. The highest BCUT2D eigenvalue weighted by Gasteiger charge is 2.34. The summed E-state index contributed by atoms with van der Waals surface area (Å²) >= 11 is 0. The zero-order valence-corrected chi connectivity index (χ0v) is 13.2. The third-order valence-corrected chi connectivity index (χ3v) is 4.58. The Morgan fingerprint density at radius 3 is 2.05 bits per heavy atom. The maximum Gasteiger partial charge on any atom is 0.0332 e. The molecule has 2 nitrogen and oxygen atoms in total. The van der Waals surface area contributed by atoms with E-state index in [4.69, 9.17) is 5.73 Å². The topological polar surface area (TPSA) is 29.3 Å². The molecule has 0 radical (unpaired) electrons. The van der Waals surface area contributed by atoms with Crippen LogP contribution in [-0.2, 0) is 6.42 Å². The largest absolute Gasteiger partial charge is 0.326 e. The smallest absolute Gasteiger partial charge is 0.0332 e. The van der Waals surface area contributed by atoms with Gasteiger partial charge in [-0.15, -0.1) is 0 Å². The van der Waals surface area contributed by atoms with Crippen molar-refractivity contribution in [1.82, 2.24) is 4.90 Å². The van der Waals surface area contributed by atoms with Crippen molar-refractivity contribution in [2.24, 2.45) is 5.73 Å². The van der Waals surface area contributed by atoms with Gasteiger partial charge in [-0.3, -0.25) is 4.90 Å². The van der Waals surface area contributed by atoms with Gasteiger partial charge < -0.3 is 5.73 Å². The third-order valence-electron chi connectivity index (χ3n) is 4.58. The average Bonchev–Trinajstić information content (AvgIpc) is 2.42. The van der Waals surface area contributed by atoms with Crippen molar-refractivity contribution in [1.29, 1.82) is 0 Å². The molecule has 2 unspecified atom stereocenters. The fraction of sp³-hybridized carbons (Fsp3) is 0.647. The quantitative estimate of drug-likeness (QED) is 0.816. The number of nitrogens with two attached hydrogens (primary N) is 1. The van der Waals surface area contributed by atoms with Gasteiger partial charge >= 0.3 is 0 Å². The van der Waals surface area contributed by atoms with Crippen LogP contribution in [0.4, 0.5) is 0 Å². The number of benzene rings is 1. The Bertz CT molecular complexity index is 367. The van der Waals surface area contributed by atoms with Crippen LogP contribution >= 0.6 is 0 Å². The summed E-state index contributed by atoms with van der Waals surface area (Å²) in [6.45, 7) is 13.2. The van der Waals surface area contributed by atoms with Crippen molar-refractivity contribution in [3.63, 3.8) is 0 Å². The molecule has 0 aliphatic rings. The van der Waals surface area contributed by atoms with Crippen molar-refractivity contribution in [3.05, 3.63) is 35.4 Å². The Morgan fingerprint density at radius 1 is 1.11 bits per heavy atom. The summed E-state index contributed by atoms with van der Waals surface area (Å²) in [5, 5.41) is 0. The Morgan fingerprint density at radius 2 is 1.63 bits per heavy atom. The number of hydrogen-bond acceptors (Lipinski definition) is 2. The van der Waals surface area contributed by atoms with E-state index in [1.807, 2.05) is 0 Å². The number of likely N-dealkylation sites (N-methyl/N-ethyl adjacent to an activating group) is 1. The third kappa shape index (κ3) is 3.80. The second-order valence-electron chi connectivity index (χ2n) is 5.68. The minimum atomic E-state index is 0.0778. The number of rotatable bonds is 7. The van der Waals surface area contributed by atoms with Gasteiger partial charge in [-0.2, -0.15) is 0 Å². The predicted molar refractivity (Wildman–Crippen MR) is 84.5 cm³/mol. The lowest BCUT2D eigenvalue weighted by molar-refractivity contribution is 0.0845. The van der Waals surface area contributed by atoms with E-state index >= 15 is 0 Å². The highest BCUT2D eigenvalue weighted by atomic mass is 15.2. The Kier molecular flexibility index (Phi) is 6.02. The molecule has 0 heterocycles. The molecular weight excluding hydrogens is 232 g/mol. The Balaban J connectivity index is 2.83. The molecule has 1 rings (SSSR count). The lowest BCUT2D eigenvalue weighted by atomic mass is 9.84. The van der Waals surface area contributed by atoms with Crippen molar-refractivity contribution < 1.29 is 0 Å².